The van der Waals surface area contributed by atoms with E-state index in [0.717, 1.165) is 6.54 Å². The summed E-state index contributed by atoms with van der Waals surface area (Å²) in [6.45, 7) is 5.18. The molecule has 12 heavy (non-hydrogen) atoms. The van der Waals surface area contributed by atoms with Crippen LogP contribution in [0.25, 0.3) is 0 Å². The van der Waals surface area contributed by atoms with Crippen LogP contribution in [0.2, 0.25) is 0 Å². The van der Waals surface area contributed by atoms with Crippen LogP contribution in [0.4, 0.5) is 0 Å². The van der Waals surface area contributed by atoms with Gasteiger partial charge in [0.2, 0.25) is 0 Å². The van der Waals surface area contributed by atoms with Gasteiger partial charge in [-0.3, -0.25) is 4.79 Å². The molecule has 1 aliphatic rings. The van der Waals surface area contributed by atoms with Gasteiger partial charge in [-0.15, -0.1) is 0 Å². The molecule has 0 aromatic heterocycles. The molecule has 4 nitrogen and oxygen atoms in total. The fourth-order valence-corrected chi connectivity index (χ4v) is 1.67. The highest BCUT2D eigenvalue weighted by molar-refractivity contribution is 5.84. The molecule has 1 amide bonds. The summed E-state index contributed by atoms with van der Waals surface area (Å²) in [4.78, 5) is 11.2. The molecule has 70 valence electrons. The molecule has 1 fully saturated rings. The molecule has 0 bridgehead atoms. The first-order chi connectivity index (χ1) is 5.63. The standard InChI is InChI=1S/C8H16N2O2/c1-3-8(7(9)11)6(2)10-4-5-12-8/h6,10H,3-5H2,1-2H3,(H2,9,11). The number of nitrogens with two attached hydrogens (primary N) is 1. The molecule has 1 rings (SSSR count). The monoisotopic (exact) mass is 172 g/mol. The maximum absolute atomic E-state index is 11.2. The fraction of sp³-hybridized carbons (Fsp3) is 0.875. The van der Waals surface area contributed by atoms with Crippen LogP contribution in [-0.2, 0) is 9.53 Å². The van der Waals surface area contributed by atoms with E-state index in [1.165, 1.54) is 0 Å². The lowest BCUT2D eigenvalue weighted by Gasteiger charge is -2.39. The number of amides is 1. The summed E-state index contributed by atoms with van der Waals surface area (Å²) in [5.41, 5.74) is 4.51. The highest BCUT2D eigenvalue weighted by atomic mass is 16.5. The normalized spacial score (nSPS) is 36.3. The maximum atomic E-state index is 11.2. The number of morpholine rings is 1. The van der Waals surface area contributed by atoms with Gasteiger partial charge in [0.1, 0.15) is 0 Å². The molecular weight excluding hydrogens is 156 g/mol. The smallest absolute Gasteiger partial charge is 0.251 e. The Morgan fingerprint density at radius 1 is 1.83 bits per heavy atom. The second kappa shape index (κ2) is 3.41. The Kier molecular flexibility index (Phi) is 2.69. The van der Waals surface area contributed by atoms with Crippen LogP contribution in [-0.4, -0.2) is 30.7 Å². The van der Waals surface area contributed by atoms with Gasteiger partial charge in [-0.1, -0.05) is 6.92 Å². The summed E-state index contributed by atoms with van der Waals surface area (Å²) >= 11 is 0. The van der Waals surface area contributed by atoms with Crippen LogP contribution < -0.4 is 11.1 Å². The van der Waals surface area contributed by atoms with Gasteiger partial charge < -0.3 is 15.8 Å². The second-order valence-corrected chi connectivity index (χ2v) is 3.13. The van der Waals surface area contributed by atoms with Gasteiger partial charge in [0.05, 0.1) is 6.61 Å². The van der Waals surface area contributed by atoms with Crippen molar-refractivity contribution in [1.82, 2.24) is 5.32 Å². The van der Waals surface area contributed by atoms with E-state index in [9.17, 15) is 4.79 Å². The van der Waals surface area contributed by atoms with E-state index in [4.69, 9.17) is 10.5 Å². The van der Waals surface area contributed by atoms with Crippen LogP contribution >= 0.6 is 0 Å². The average Bonchev–Trinajstić information content (AvgIpc) is 2.05. The van der Waals surface area contributed by atoms with Crippen molar-refractivity contribution in [3.8, 4) is 0 Å². The zero-order valence-electron chi connectivity index (χ0n) is 7.59. The first kappa shape index (κ1) is 9.48. The Balaban J connectivity index is 2.81. The van der Waals surface area contributed by atoms with E-state index in [1.54, 1.807) is 0 Å². The number of carbonyl (C=O) groups is 1. The van der Waals surface area contributed by atoms with Gasteiger partial charge >= 0.3 is 0 Å². The molecule has 0 aliphatic carbocycles. The second-order valence-electron chi connectivity index (χ2n) is 3.13. The molecule has 1 saturated heterocycles. The van der Waals surface area contributed by atoms with Crippen molar-refractivity contribution >= 4 is 5.91 Å². The molecule has 0 aromatic carbocycles. The minimum absolute atomic E-state index is 0.00810. The molecule has 4 heteroatoms. The lowest BCUT2D eigenvalue weighted by Crippen LogP contribution is -2.62. The third-order valence-electron chi connectivity index (χ3n) is 2.55. The summed E-state index contributed by atoms with van der Waals surface area (Å²) in [5, 5.41) is 3.18. The van der Waals surface area contributed by atoms with Crippen LogP contribution in [0.5, 0.6) is 0 Å². The van der Waals surface area contributed by atoms with E-state index in [1.807, 2.05) is 13.8 Å². The number of carbonyl (C=O) groups excluding carboxylic acids is 1. The van der Waals surface area contributed by atoms with Crippen molar-refractivity contribution in [1.29, 1.82) is 0 Å². The predicted molar refractivity (Wildman–Crippen MR) is 45.6 cm³/mol. The topological polar surface area (TPSA) is 64.4 Å². The quantitative estimate of drug-likeness (QED) is 0.597. The third-order valence-corrected chi connectivity index (χ3v) is 2.55. The minimum atomic E-state index is -0.793. The highest BCUT2D eigenvalue weighted by Crippen LogP contribution is 2.22. The zero-order valence-corrected chi connectivity index (χ0v) is 7.59. The molecule has 0 radical (unpaired) electrons. The Labute approximate surface area is 72.5 Å². The van der Waals surface area contributed by atoms with E-state index >= 15 is 0 Å². The molecular formula is C8H16N2O2. The van der Waals surface area contributed by atoms with Gasteiger partial charge in [-0.05, 0) is 13.3 Å². The molecule has 3 N–H and O–H groups in total. The first-order valence-corrected chi connectivity index (χ1v) is 4.30. The average molecular weight is 172 g/mol. The lowest BCUT2D eigenvalue weighted by molar-refractivity contribution is -0.154. The Bertz CT molecular complexity index is 184. The molecule has 0 saturated carbocycles. The fourth-order valence-electron chi connectivity index (χ4n) is 1.67. The predicted octanol–water partition coefficient (Wildman–Crippen LogP) is -0.371. The van der Waals surface area contributed by atoms with Crippen molar-refractivity contribution in [2.45, 2.75) is 31.9 Å². The number of ether oxygens (including phenoxy) is 1. The lowest BCUT2D eigenvalue weighted by atomic mass is 9.90. The van der Waals surface area contributed by atoms with E-state index in [2.05, 4.69) is 5.32 Å². The SMILES string of the molecule is CCC1(C(N)=O)OCCNC1C. The maximum Gasteiger partial charge on any atom is 0.251 e. The molecule has 1 heterocycles. The van der Waals surface area contributed by atoms with E-state index in [-0.39, 0.29) is 11.9 Å². The molecule has 2 unspecified atom stereocenters. The summed E-state index contributed by atoms with van der Waals surface area (Å²) in [5.74, 6) is -0.371. The molecule has 1 aliphatic heterocycles. The van der Waals surface area contributed by atoms with Crippen molar-refractivity contribution < 1.29 is 9.53 Å². The van der Waals surface area contributed by atoms with Crippen molar-refractivity contribution in [2.24, 2.45) is 5.73 Å². The van der Waals surface area contributed by atoms with Crippen LogP contribution in [0.3, 0.4) is 0 Å². The molecule has 0 aromatic rings. The van der Waals surface area contributed by atoms with Gasteiger partial charge in [-0.2, -0.15) is 0 Å². The molecule has 0 spiro atoms. The number of hydrogen-bond donors (Lipinski definition) is 2. The van der Waals surface area contributed by atoms with Gasteiger partial charge in [0.15, 0.2) is 5.60 Å². The number of hydrogen-bond acceptors (Lipinski definition) is 3. The Morgan fingerprint density at radius 2 is 2.50 bits per heavy atom. The summed E-state index contributed by atoms with van der Waals surface area (Å²) in [6.07, 6.45) is 0.622. The van der Waals surface area contributed by atoms with E-state index in [0.29, 0.717) is 13.0 Å². The number of primary amides is 1. The molecule has 2 atom stereocenters. The van der Waals surface area contributed by atoms with E-state index < -0.39 is 5.60 Å². The number of nitrogens with one attached hydrogen (secondary N) is 1. The van der Waals surface area contributed by atoms with Gasteiger partial charge in [-0.25, -0.2) is 0 Å². The zero-order chi connectivity index (χ0) is 9.19. The van der Waals surface area contributed by atoms with Crippen molar-refractivity contribution in [3.63, 3.8) is 0 Å². The van der Waals surface area contributed by atoms with Crippen LogP contribution in [0.15, 0.2) is 0 Å². The van der Waals surface area contributed by atoms with Gasteiger partial charge in [0.25, 0.3) is 5.91 Å². The third kappa shape index (κ3) is 1.32. The summed E-state index contributed by atoms with van der Waals surface area (Å²) < 4.78 is 5.45. The highest BCUT2D eigenvalue weighted by Gasteiger charge is 2.43. The van der Waals surface area contributed by atoms with Crippen molar-refractivity contribution in [3.05, 3.63) is 0 Å². The van der Waals surface area contributed by atoms with Crippen LogP contribution in [0, 0.1) is 0 Å². The van der Waals surface area contributed by atoms with Crippen molar-refractivity contribution in [2.75, 3.05) is 13.2 Å². The first-order valence-electron chi connectivity index (χ1n) is 4.30. The minimum Gasteiger partial charge on any atom is -0.367 e. The summed E-state index contributed by atoms with van der Waals surface area (Å²) in [6, 6.07) is 0.00810. The summed E-state index contributed by atoms with van der Waals surface area (Å²) in [7, 11) is 0. The number of rotatable bonds is 2. The Hall–Kier alpha value is -0.610. The van der Waals surface area contributed by atoms with Gasteiger partial charge in [0, 0.05) is 12.6 Å². The van der Waals surface area contributed by atoms with Crippen LogP contribution in [0.1, 0.15) is 20.3 Å². The largest absolute Gasteiger partial charge is 0.367 e. The Morgan fingerprint density at radius 3 is 2.83 bits per heavy atom.